The highest BCUT2D eigenvalue weighted by Crippen LogP contribution is 2.44. The van der Waals surface area contributed by atoms with E-state index < -0.39 is 0 Å². The first-order valence-electron chi connectivity index (χ1n) is 7.87. The number of ether oxygens (including phenoxy) is 1. The molecule has 1 saturated heterocycles. The molecule has 1 atom stereocenters. The maximum absolute atomic E-state index is 6.08. The van der Waals surface area contributed by atoms with Crippen molar-refractivity contribution in [2.24, 2.45) is 10.4 Å². The molecule has 1 unspecified atom stereocenters. The van der Waals surface area contributed by atoms with E-state index in [0.717, 1.165) is 31.9 Å². The standard InChI is InChI=1S/C16H31N3O.HI/c1-15(2,3)20-12-7-9-19(10-8-12)14(17-6)18-13-11-16(13,4)5;/h12-13H,7-11H2,1-6H3,(H,17,18);1H. The van der Waals surface area contributed by atoms with Crippen LogP contribution in [0.25, 0.3) is 0 Å². The lowest BCUT2D eigenvalue weighted by molar-refractivity contribution is -0.0773. The zero-order valence-corrected chi connectivity index (χ0v) is 16.7. The van der Waals surface area contributed by atoms with Crippen LogP contribution in [-0.2, 0) is 4.74 Å². The minimum Gasteiger partial charge on any atom is -0.372 e. The monoisotopic (exact) mass is 409 g/mol. The van der Waals surface area contributed by atoms with Gasteiger partial charge in [-0.15, -0.1) is 24.0 Å². The van der Waals surface area contributed by atoms with Gasteiger partial charge < -0.3 is 15.0 Å². The van der Waals surface area contributed by atoms with Crippen molar-refractivity contribution in [1.82, 2.24) is 10.2 Å². The molecule has 0 aromatic rings. The van der Waals surface area contributed by atoms with Crippen molar-refractivity contribution >= 4 is 29.9 Å². The second kappa shape index (κ2) is 7.02. The minimum atomic E-state index is -0.0369. The third-order valence-electron chi connectivity index (χ3n) is 4.29. The molecule has 0 radical (unpaired) electrons. The number of guanidine groups is 1. The van der Waals surface area contributed by atoms with Crippen LogP contribution in [0.2, 0.25) is 0 Å². The number of hydrogen-bond donors (Lipinski definition) is 1. The van der Waals surface area contributed by atoms with Gasteiger partial charge in [0.25, 0.3) is 0 Å². The highest BCUT2D eigenvalue weighted by atomic mass is 127. The zero-order valence-electron chi connectivity index (χ0n) is 14.4. The second-order valence-corrected chi connectivity index (χ2v) is 7.85. The molecule has 1 heterocycles. The van der Waals surface area contributed by atoms with Crippen LogP contribution in [0, 0.1) is 5.41 Å². The first-order chi connectivity index (χ1) is 9.21. The van der Waals surface area contributed by atoms with E-state index in [1.807, 2.05) is 7.05 Å². The summed E-state index contributed by atoms with van der Waals surface area (Å²) < 4.78 is 6.08. The normalized spacial score (nSPS) is 26.3. The molecule has 21 heavy (non-hydrogen) atoms. The fourth-order valence-corrected chi connectivity index (χ4v) is 2.85. The largest absolute Gasteiger partial charge is 0.372 e. The summed E-state index contributed by atoms with van der Waals surface area (Å²) >= 11 is 0. The zero-order chi connectivity index (χ0) is 15.0. The Kier molecular flexibility index (Phi) is 6.36. The van der Waals surface area contributed by atoms with Gasteiger partial charge in [0.1, 0.15) is 0 Å². The van der Waals surface area contributed by atoms with Gasteiger partial charge in [-0.3, -0.25) is 4.99 Å². The summed E-state index contributed by atoms with van der Waals surface area (Å²) in [4.78, 5) is 6.82. The molecule has 1 N–H and O–H groups in total. The first-order valence-corrected chi connectivity index (χ1v) is 7.87. The highest BCUT2D eigenvalue weighted by molar-refractivity contribution is 14.0. The molecule has 1 aliphatic heterocycles. The van der Waals surface area contributed by atoms with Crippen LogP contribution in [0.15, 0.2) is 4.99 Å². The number of nitrogens with zero attached hydrogens (tertiary/aromatic N) is 2. The van der Waals surface area contributed by atoms with Gasteiger partial charge in [-0.1, -0.05) is 13.8 Å². The average molecular weight is 409 g/mol. The molecule has 4 nitrogen and oxygen atoms in total. The molecule has 0 aromatic heterocycles. The topological polar surface area (TPSA) is 36.9 Å². The predicted molar refractivity (Wildman–Crippen MR) is 99.5 cm³/mol. The average Bonchev–Trinajstić information content (AvgIpc) is 2.93. The Morgan fingerprint density at radius 3 is 2.14 bits per heavy atom. The Hall–Kier alpha value is -0.0400. The number of likely N-dealkylation sites (tertiary alicyclic amines) is 1. The van der Waals surface area contributed by atoms with E-state index >= 15 is 0 Å². The first kappa shape index (κ1) is 19.0. The van der Waals surface area contributed by atoms with E-state index in [0.29, 0.717) is 17.6 Å². The van der Waals surface area contributed by atoms with Gasteiger partial charge in [-0.2, -0.15) is 0 Å². The van der Waals surface area contributed by atoms with Gasteiger partial charge in [0, 0.05) is 26.2 Å². The van der Waals surface area contributed by atoms with Gasteiger partial charge in [0.05, 0.1) is 11.7 Å². The number of hydrogen-bond acceptors (Lipinski definition) is 2. The van der Waals surface area contributed by atoms with E-state index in [2.05, 4.69) is 49.8 Å². The van der Waals surface area contributed by atoms with Crippen molar-refractivity contribution in [1.29, 1.82) is 0 Å². The number of nitrogens with one attached hydrogen (secondary N) is 1. The highest BCUT2D eigenvalue weighted by Gasteiger charge is 2.46. The lowest BCUT2D eigenvalue weighted by Gasteiger charge is -2.37. The molecule has 124 valence electrons. The van der Waals surface area contributed by atoms with Crippen LogP contribution in [0.1, 0.15) is 53.9 Å². The van der Waals surface area contributed by atoms with Gasteiger partial charge in [-0.05, 0) is 45.4 Å². The number of halogens is 1. The smallest absolute Gasteiger partial charge is 0.193 e. The number of rotatable bonds is 2. The minimum absolute atomic E-state index is 0. The molecule has 0 amide bonds. The fraction of sp³-hybridized carbons (Fsp3) is 0.938. The Labute approximate surface area is 147 Å². The van der Waals surface area contributed by atoms with Crippen molar-refractivity contribution in [3.05, 3.63) is 0 Å². The van der Waals surface area contributed by atoms with Crippen molar-refractivity contribution in [2.45, 2.75) is 71.6 Å². The Morgan fingerprint density at radius 1 is 1.24 bits per heavy atom. The van der Waals surface area contributed by atoms with Gasteiger partial charge >= 0.3 is 0 Å². The molecule has 1 aliphatic carbocycles. The van der Waals surface area contributed by atoms with E-state index in [4.69, 9.17) is 4.74 Å². The molecule has 2 fully saturated rings. The summed E-state index contributed by atoms with van der Waals surface area (Å²) in [6, 6.07) is 0.588. The summed E-state index contributed by atoms with van der Waals surface area (Å²) in [6.45, 7) is 13.1. The van der Waals surface area contributed by atoms with E-state index in [1.54, 1.807) is 0 Å². The van der Waals surface area contributed by atoms with Crippen molar-refractivity contribution in [3.63, 3.8) is 0 Å². The van der Waals surface area contributed by atoms with Gasteiger partial charge in [0.15, 0.2) is 5.96 Å². The molecule has 0 spiro atoms. The van der Waals surface area contributed by atoms with Crippen LogP contribution < -0.4 is 5.32 Å². The number of piperidine rings is 1. The van der Waals surface area contributed by atoms with E-state index in [1.165, 1.54) is 6.42 Å². The molecular formula is C16H32IN3O. The van der Waals surface area contributed by atoms with Crippen molar-refractivity contribution in [3.8, 4) is 0 Å². The van der Waals surface area contributed by atoms with Crippen molar-refractivity contribution in [2.75, 3.05) is 20.1 Å². The second-order valence-electron chi connectivity index (χ2n) is 7.85. The lowest BCUT2D eigenvalue weighted by Crippen LogP contribution is -2.48. The Bertz CT molecular complexity index is 368. The fourth-order valence-electron chi connectivity index (χ4n) is 2.85. The Morgan fingerprint density at radius 2 is 1.76 bits per heavy atom. The summed E-state index contributed by atoms with van der Waals surface area (Å²) in [5.41, 5.74) is 0.397. The maximum atomic E-state index is 6.08. The quantitative estimate of drug-likeness (QED) is 0.432. The van der Waals surface area contributed by atoms with E-state index in [9.17, 15) is 0 Å². The summed E-state index contributed by atoms with van der Waals surface area (Å²) in [5.74, 6) is 1.06. The van der Waals surface area contributed by atoms with Crippen LogP contribution >= 0.6 is 24.0 Å². The summed E-state index contributed by atoms with van der Waals surface area (Å²) in [5, 5.41) is 3.60. The maximum Gasteiger partial charge on any atom is 0.193 e. The van der Waals surface area contributed by atoms with Crippen LogP contribution in [-0.4, -0.2) is 48.7 Å². The summed E-state index contributed by atoms with van der Waals surface area (Å²) in [7, 11) is 1.88. The van der Waals surface area contributed by atoms with Crippen LogP contribution in [0.5, 0.6) is 0 Å². The molecular weight excluding hydrogens is 377 g/mol. The van der Waals surface area contributed by atoms with E-state index in [-0.39, 0.29) is 29.6 Å². The molecule has 1 saturated carbocycles. The molecule has 0 bridgehead atoms. The van der Waals surface area contributed by atoms with Crippen LogP contribution in [0.4, 0.5) is 0 Å². The third-order valence-corrected chi connectivity index (χ3v) is 4.29. The van der Waals surface area contributed by atoms with Crippen molar-refractivity contribution < 1.29 is 4.74 Å². The van der Waals surface area contributed by atoms with Gasteiger partial charge in [-0.25, -0.2) is 0 Å². The lowest BCUT2D eigenvalue weighted by atomic mass is 10.1. The molecule has 0 aromatic carbocycles. The summed E-state index contributed by atoms with van der Waals surface area (Å²) in [6.07, 6.45) is 3.81. The van der Waals surface area contributed by atoms with Crippen LogP contribution in [0.3, 0.4) is 0 Å². The van der Waals surface area contributed by atoms with Gasteiger partial charge in [0.2, 0.25) is 0 Å². The SMILES string of the molecule is CN=C(NC1CC1(C)C)N1CCC(OC(C)(C)C)CC1.I. The Balaban J connectivity index is 0.00000220. The molecule has 5 heteroatoms. The predicted octanol–water partition coefficient (Wildman–Crippen LogP) is 3.26. The molecule has 2 rings (SSSR count). The third kappa shape index (κ3) is 5.58. The number of aliphatic imine (C=N–C) groups is 1. The molecule has 2 aliphatic rings.